The molecule has 1 atom stereocenters. The SMILES string of the molecule is COc1ccc(N2C(=O)C(=O)N(CC(=O)N3c4ccccc4C[C@@H]3C)C2=O)cc1. The van der Waals surface area contributed by atoms with Crippen molar-refractivity contribution in [3.63, 3.8) is 0 Å². The van der Waals surface area contributed by atoms with E-state index in [0.717, 1.165) is 16.2 Å². The third-order valence-electron chi connectivity index (χ3n) is 5.15. The molecule has 0 bridgehead atoms. The van der Waals surface area contributed by atoms with Crippen LogP contribution < -0.4 is 14.5 Å². The summed E-state index contributed by atoms with van der Waals surface area (Å²) in [4.78, 5) is 53.6. The number of fused-ring (bicyclic) bond motifs is 1. The van der Waals surface area contributed by atoms with Crippen molar-refractivity contribution in [3.8, 4) is 5.75 Å². The largest absolute Gasteiger partial charge is 0.497 e. The zero-order chi connectivity index (χ0) is 20.7. The van der Waals surface area contributed by atoms with Gasteiger partial charge in [0.2, 0.25) is 5.91 Å². The van der Waals surface area contributed by atoms with E-state index in [-0.39, 0.29) is 11.7 Å². The van der Waals surface area contributed by atoms with Crippen LogP contribution in [0.15, 0.2) is 48.5 Å². The molecule has 148 valence electrons. The molecular weight excluding hydrogens is 374 g/mol. The van der Waals surface area contributed by atoms with Crippen LogP contribution in [-0.4, -0.2) is 48.3 Å². The van der Waals surface area contributed by atoms with Crippen LogP contribution in [0.2, 0.25) is 0 Å². The molecule has 0 spiro atoms. The van der Waals surface area contributed by atoms with E-state index in [1.165, 1.54) is 19.2 Å². The number of benzene rings is 2. The second kappa shape index (κ2) is 7.05. The van der Waals surface area contributed by atoms with Crippen LogP contribution >= 0.6 is 0 Å². The molecule has 8 heteroatoms. The summed E-state index contributed by atoms with van der Waals surface area (Å²) in [5.74, 6) is -1.86. The average molecular weight is 393 g/mol. The fourth-order valence-corrected chi connectivity index (χ4v) is 3.76. The fraction of sp³-hybridized carbons (Fsp3) is 0.238. The molecule has 29 heavy (non-hydrogen) atoms. The number of hydrogen-bond acceptors (Lipinski definition) is 5. The minimum atomic E-state index is -1.01. The molecule has 2 aliphatic heterocycles. The summed E-state index contributed by atoms with van der Waals surface area (Å²) in [6.45, 7) is 1.41. The van der Waals surface area contributed by atoms with Crippen molar-refractivity contribution in [2.24, 2.45) is 0 Å². The molecule has 2 aliphatic rings. The first-order chi connectivity index (χ1) is 13.9. The number of urea groups is 1. The van der Waals surface area contributed by atoms with E-state index in [2.05, 4.69) is 0 Å². The van der Waals surface area contributed by atoms with Gasteiger partial charge in [-0.15, -0.1) is 0 Å². The molecule has 1 fully saturated rings. The first-order valence-corrected chi connectivity index (χ1v) is 9.16. The fourth-order valence-electron chi connectivity index (χ4n) is 3.76. The van der Waals surface area contributed by atoms with Crippen LogP contribution in [0.1, 0.15) is 12.5 Å². The summed E-state index contributed by atoms with van der Waals surface area (Å²) in [5, 5.41) is 0. The number of methoxy groups -OCH3 is 1. The van der Waals surface area contributed by atoms with Gasteiger partial charge in [-0.05, 0) is 49.2 Å². The van der Waals surface area contributed by atoms with Crippen LogP contribution in [-0.2, 0) is 20.8 Å². The number of ether oxygens (including phenoxy) is 1. The molecule has 0 N–H and O–H groups in total. The van der Waals surface area contributed by atoms with Gasteiger partial charge in [-0.3, -0.25) is 14.4 Å². The Balaban J connectivity index is 1.56. The smallest absolute Gasteiger partial charge is 0.339 e. The minimum absolute atomic E-state index is 0.0962. The van der Waals surface area contributed by atoms with Gasteiger partial charge in [0, 0.05) is 11.7 Å². The average Bonchev–Trinajstić information content (AvgIpc) is 3.16. The zero-order valence-corrected chi connectivity index (χ0v) is 16.0. The summed E-state index contributed by atoms with van der Waals surface area (Å²) < 4.78 is 5.06. The highest BCUT2D eigenvalue weighted by Crippen LogP contribution is 2.32. The van der Waals surface area contributed by atoms with E-state index in [4.69, 9.17) is 4.74 Å². The van der Waals surface area contributed by atoms with Gasteiger partial charge in [0.05, 0.1) is 12.8 Å². The highest BCUT2D eigenvalue weighted by atomic mass is 16.5. The predicted octanol–water partition coefficient (Wildman–Crippen LogP) is 1.97. The van der Waals surface area contributed by atoms with Crippen molar-refractivity contribution in [1.82, 2.24) is 4.90 Å². The van der Waals surface area contributed by atoms with Gasteiger partial charge >= 0.3 is 17.8 Å². The molecule has 2 aromatic rings. The van der Waals surface area contributed by atoms with Crippen molar-refractivity contribution < 1.29 is 23.9 Å². The Bertz CT molecular complexity index is 1020. The van der Waals surface area contributed by atoms with E-state index in [1.807, 2.05) is 31.2 Å². The van der Waals surface area contributed by atoms with E-state index in [0.29, 0.717) is 17.1 Å². The van der Waals surface area contributed by atoms with Crippen LogP contribution in [0.3, 0.4) is 0 Å². The number of amides is 5. The number of para-hydroxylation sites is 1. The molecule has 0 saturated carbocycles. The molecule has 1 saturated heterocycles. The highest BCUT2D eigenvalue weighted by Gasteiger charge is 2.47. The van der Waals surface area contributed by atoms with Crippen molar-refractivity contribution in [1.29, 1.82) is 0 Å². The number of imide groups is 2. The Labute approximate surface area is 167 Å². The van der Waals surface area contributed by atoms with Gasteiger partial charge in [-0.2, -0.15) is 0 Å². The first kappa shape index (κ1) is 18.7. The van der Waals surface area contributed by atoms with Crippen LogP contribution in [0.5, 0.6) is 5.75 Å². The Morgan fingerprint density at radius 1 is 1.03 bits per heavy atom. The second-order valence-electron chi connectivity index (χ2n) is 6.96. The van der Waals surface area contributed by atoms with Gasteiger partial charge in [0.1, 0.15) is 12.3 Å². The monoisotopic (exact) mass is 393 g/mol. The zero-order valence-electron chi connectivity index (χ0n) is 16.0. The Kier molecular flexibility index (Phi) is 4.54. The Hall–Kier alpha value is -3.68. The maximum absolute atomic E-state index is 12.9. The van der Waals surface area contributed by atoms with Crippen molar-refractivity contribution >= 4 is 35.1 Å². The van der Waals surface area contributed by atoms with Crippen molar-refractivity contribution in [2.75, 3.05) is 23.5 Å². The van der Waals surface area contributed by atoms with Crippen LogP contribution in [0.4, 0.5) is 16.2 Å². The summed E-state index contributed by atoms with van der Waals surface area (Å²) in [7, 11) is 1.50. The molecule has 0 radical (unpaired) electrons. The van der Waals surface area contributed by atoms with Gasteiger partial charge < -0.3 is 9.64 Å². The van der Waals surface area contributed by atoms with Crippen molar-refractivity contribution in [2.45, 2.75) is 19.4 Å². The number of anilines is 2. The number of rotatable bonds is 4. The molecule has 8 nitrogen and oxygen atoms in total. The van der Waals surface area contributed by atoms with Crippen LogP contribution in [0.25, 0.3) is 0 Å². The molecule has 4 rings (SSSR count). The van der Waals surface area contributed by atoms with E-state index < -0.39 is 30.3 Å². The first-order valence-electron chi connectivity index (χ1n) is 9.16. The second-order valence-corrected chi connectivity index (χ2v) is 6.96. The number of nitrogens with zero attached hydrogens (tertiary/aromatic N) is 3. The topological polar surface area (TPSA) is 87.2 Å². The number of hydrogen-bond donors (Lipinski definition) is 0. The molecule has 0 aliphatic carbocycles. The lowest BCUT2D eigenvalue weighted by Crippen LogP contribution is -2.45. The minimum Gasteiger partial charge on any atom is -0.497 e. The summed E-state index contributed by atoms with van der Waals surface area (Å²) in [5.41, 5.74) is 2.04. The van der Waals surface area contributed by atoms with E-state index >= 15 is 0 Å². The third-order valence-corrected chi connectivity index (χ3v) is 5.15. The summed E-state index contributed by atoms with van der Waals surface area (Å²) in [6, 6.07) is 12.8. The lowest BCUT2D eigenvalue weighted by atomic mass is 10.1. The van der Waals surface area contributed by atoms with Gasteiger partial charge in [-0.25, -0.2) is 14.6 Å². The predicted molar refractivity (Wildman–Crippen MR) is 105 cm³/mol. The maximum Gasteiger partial charge on any atom is 0.339 e. The molecule has 0 aromatic heterocycles. The molecular formula is C21H19N3O5. The molecule has 5 amide bonds. The van der Waals surface area contributed by atoms with Gasteiger partial charge in [0.15, 0.2) is 0 Å². The normalized spacial score (nSPS) is 18.5. The third kappa shape index (κ3) is 3.02. The maximum atomic E-state index is 12.9. The summed E-state index contributed by atoms with van der Waals surface area (Å²) in [6.07, 6.45) is 0.695. The standard InChI is InChI=1S/C21H19N3O5/c1-13-11-14-5-3-4-6-17(14)23(13)18(25)12-22-19(26)20(27)24(21(22)28)15-7-9-16(29-2)10-8-15/h3-10,13H,11-12H2,1-2H3/t13-/m0/s1. The quantitative estimate of drug-likeness (QED) is 0.585. The van der Waals surface area contributed by atoms with E-state index in [1.54, 1.807) is 17.0 Å². The summed E-state index contributed by atoms with van der Waals surface area (Å²) >= 11 is 0. The van der Waals surface area contributed by atoms with Gasteiger partial charge in [0.25, 0.3) is 0 Å². The highest BCUT2D eigenvalue weighted by molar-refractivity contribution is 6.53. The van der Waals surface area contributed by atoms with E-state index in [9.17, 15) is 19.2 Å². The number of carbonyl (C=O) groups excluding carboxylic acids is 4. The Morgan fingerprint density at radius 2 is 1.72 bits per heavy atom. The lowest BCUT2D eigenvalue weighted by molar-refractivity contribution is -0.140. The molecule has 2 aromatic carbocycles. The Morgan fingerprint density at radius 3 is 2.41 bits per heavy atom. The molecule has 2 heterocycles. The molecule has 0 unspecified atom stereocenters. The lowest BCUT2D eigenvalue weighted by Gasteiger charge is -2.24. The number of carbonyl (C=O) groups is 4. The van der Waals surface area contributed by atoms with Crippen molar-refractivity contribution in [3.05, 3.63) is 54.1 Å². The van der Waals surface area contributed by atoms with Crippen LogP contribution in [0, 0.1) is 0 Å². The van der Waals surface area contributed by atoms with Gasteiger partial charge in [-0.1, -0.05) is 18.2 Å².